The molecular weight excluding hydrogens is 246 g/mol. The number of hydrogen-bond acceptors (Lipinski definition) is 4. The molecule has 1 N–H and O–H groups in total. The molecule has 19 heavy (non-hydrogen) atoms. The van der Waals surface area contributed by atoms with Gasteiger partial charge in [0.25, 0.3) is 5.91 Å². The summed E-state index contributed by atoms with van der Waals surface area (Å²) in [6, 6.07) is 0. The van der Waals surface area contributed by atoms with Gasteiger partial charge in [-0.15, -0.1) is 0 Å². The minimum absolute atomic E-state index is 0.124. The lowest BCUT2D eigenvalue weighted by atomic mass is 10.1. The van der Waals surface area contributed by atoms with E-state index in [1.54, 1.807) is 13.8 Å². The lowest BCUT2D eigenvalue weighted by molar-refractivity contribution is -0.144. The van der Waals surface area contributed by atoms with Crippen LogP contribution in [0.1, 0.15) is 34.1 Å². The van der Waals surface area contributed by atoms with E-state index in [4.69, 9.17) is 9.47 Å². The molecule has 0 rings (SSSR count). The molecule has 0 spiro atoms. The normalized spacial score (nSPS) is 11.2. The zero-order valence-corrected chi connectivity index (χ0v) is 12.3. The van der Waals surface area contributed by atoms with Gasteiger partial charge in [0.15, 0.2) is 0 Å². The van der Waals surface area contributed by atoms with Crippen LogP contribution in [-0.4, -0.2) is 37.2 Å². The largest absolute Gasteiger partial charge is 0.461 e. The average molecular weight is 271 g/mol. The number of carbonyl (C=O) groups excluding carboxylic acids is 2. The summed E-state index contributed by atoms with van der Waals surface area (Å²) >= 11 is 0. The van der Waals surface area contributed by atoms with Gasteiger partial charge >= 0.3 is 5.97 Å². The van der Waals surface area contributed by atoms with Crippen molar-refractivity contribution < 1.29 is 19.1 Å². The summed E-state index contributed by atoms with van der Waals surface area (Å²) in [5, 5.41) is 2.67. The maximum absolute atomic E-state index is 11.9. The van der Waals surface area contributed by atoms with Gasteiger partial charge in [0, 0.05) is 12.7 Å². The molecule has 0 fully saturated rings. The summed E-state index contributed by atoms with van der Waals surface area (Å²) in [6.45, 7) is 11.9. The molecule has 0 aromatic carbocycles. The summed E-state index contributed by atoms with van der Waals surface area (Å²) in [5.41, 5.74) is -0.878. The van der Waals surface area contributed by atoms with Gasteiger partial charge in [0.05, 0.1) is 6.54 Å². The van der Waals surface area contributed by atoms with Gasteiger partial charge < -0.3 is 14.8 Å². The fourth-order valence-electron chi connectivity index (χ4n) is 1.20. The van der Waals surface area contributed by atoms with Gasteiger partial charge in [-0.2, -0.15) is 0 Å². The topological polar surface area (TPSA) is 64.6 Å². The van der Waals surface area contributed by atoms with E-state index in [1.807, 2.05) is 0 Å². The predicted molar refractivity (Wildman–Crippen MR) is 73.7 cm³/mol. The summed E-state index contributed by atoms with van der Waals surface area (Å²) in [4.78, 5) is 22.6. The lowest BCUT2D eigenvalue weighted by Gasteiger charge is -2.24. The van der Waals surface area contributed by atoms with Crippen LogP contribution in [0.25, 0.3) is 0 Å². The molecule has 0 aliphatic heterocycles. The molecule has 0 unspecified atom stereocenters. The zero-order valence-electron chi connectivity index (χ0n) is 12.3. The van der Waals surface area contributed by atoms with Crippen molar-refractivity contribution in [1.29, 1.82) is 0 Å². The first-order valence-electron chi connectivity index (χ1n) is 6.51. The highest BCUT2D eigenvalue weighted by Gasteiger charge is 2.27. The van der Waals surface area contributed by atoms with Gasteiger partial charge in [0.2, 0.25) is 0 Å². The molecule has 110 valence electrons. The number of nitrogens with one attached hydrogen (secondary N) is 1. The lowest BCUT2D eigenvalue weighted by Crippen LogP contribution is -2.45. The fraction of sp³-hybridized carbons (Fsp3) is 0.714. The maximum atomic E-state index is 11.9. The average Bonchev–Trinajstić information content (AvgIpc) is 2.33. The van der Waals surface area contributed by atoms with Crippen LogP contribution in [-0.2, 0) is 19.1 Å². The van der Waals surface area contributed by atoms with Gasteiger partial charge in [-0.1, -0.05) is 20.4 Å². The monoisotopic (exact) mass is 271 g/mol. The van der Waals surface area contributed by atoms with Crippen LogP contribution in [0.4, 0.5) is 0 Å². The first-order valence-corrected chi connectivity index (χ1v) is 6.51. The first-order chi connectivity index (χ1) is 8.79. The molecule has 0 aromatic rings. The third kappa shape index (κ3) is 8.37. The second-order valence-corrected chi connectivity index (χ2v) is 5.17. The van der Waals surface area contributed by atoms with Crippen LogP contribution in [0.3, 0.4) is 0 Å². The number of ether oxygens (including phenoxy) is 2. The molecule has 0 bridgehead atoms. The van der Waals surface area contributed by atoms with E-state index in [0.717, 1.165) is 12.5 Å². The van der Waals surface area contributed by atoms with Crippen molar-refractivity contribution in [1.82, 2.24) is 5.32 Å². The predicted octanol–water partition coefficient (Wildman–Crippen LogP) is 1.67. The highest BCUT2D eigenvalue weighted by atomic mass is 16.5. The van der Waals surface area contributed by atoms with Crippen LogP contribution < -0.4 is 5.32 Å². The molecule has 0 saturated carbocycles. The molecule has 0 saturated heterocycles. The van der Waals surface area contributed by atoms with Crippen molar-refractivity contribution in [3.63, 3.8) is 0 Å². The SMILES string of the molecule is C=CC(=O)OCCNC(=O)C(C)(C)OCCC(C)C. The number of amides is 1. The van der Waals surface area contributed by atoms with Crippen LogP contribution >= 0.6 is 0 Å². The number of esters is 1. The summed E-state index contributed by atoms with van der Waals surface area (Å²) in [7, 11) is 0. The number of hydrogen-bond donors (Lipinski definition) is 1. The summed E-state index contributed by atoms with van der Waals surface area (Å²) in [5.74, 6) is -0.176. The van der Waals surface area contributed by atoms with Crippen LogP contribution in [0.15, 0.2) is 12.7 Å². The van der Waals surface area contributed by atoms with Gasteiger partial charge in [-0.05, 0) is 26.2 Å². The van der Waals surface area contributed by atoms with E-state index >= 15 is 0 Å². The Morgan fingerprint density at radius 3 is 2.47 bits per heavy atom. The highest BCUT2D eigenvalue weighted by molar-refractivity contribution is 5.84. The van der Waals surface area contributed by atoms with Crippen LogP contribution in [0, 0.1) is 5.92 Å². The molecule has 5 nitrogen and oxygen atoms in total. The second-order valence-electron chi connectivity index (χ2n) is 5.17. The molecule has 5 heteroatoms. The van der Waals surface area contributed by atoms with E-state index in [1.165, 1.54) is 0 Å². The number of rotatable bonds is 9. The molecular formula is C14H25NO4. The Morgan fingerprint density at radius 2 is 1.95 bits per heavy atom. The molecule has 0 radical (unpaired) electrons. The van der Waals surface area contributed by atoms with Crippen molar-refractivity contribution in [2.75, 3.05) is 19.8 Å². The van der Waals surface area contributed by atoms with Crippen molar-refractivity contribution in [2.45, 2.75) is 39.7 Å². The van der Waals surface area contributed by atoms with Crippen molar-refractivity contribution in [3.05, 3.63) is 12.7 Å². The Kier molecular flexibility index (Phi) is 8.07. The van der Waals surface area contributed by atoms with Crippen LogP contribution in [0.5, 0.6) is 0 Å². The van der Waals surface area contributed by atoms with E-state index in [0.29, 0.717) is 12.5 Å². The second kappa shape index (κ2) is 8.69. The van der Waals surface area contributed by atoms with Gasteiger partial charge in [-0.3, -0.25) is 4.79 Å². The molecule has 1 amide bonds. The zero-order chi connectivity index (χ0) is 14.9. The van der Waals surface area contributed by atoms with Crippen molar-refractivity contribution in [2.24, 2.45) is 5.92 Å². The van der Waals surface area contributed by atoms with E-state index in [2.05, 4.69) is 25.7 Å². The first kappa shape index (κ1) is 17.6. The third-order valence-corrected chi connectivity index (χ3v) is 2.50. The Hall–Kier alpha value is -1.36. The third-order valence-electron chi connectivity index (χ3n) is 2.50. The quantitative estimate of drug-likeness (QED) is 0.393. The van der Waals surface area contributed by atoms with E-state index < -0.39 is 11.6 Å². The Morgan fingerprint density at radius 1 is 1.32 bits per heavy atom. The molecule has 0 atom stereocenters. The van der Waals surface area contributed by atoms with E-state index in [-0.39, 0.29) is 19.1 Å². The van der Waals surface area contributed by atoms with Crippen molar-refractivity contribution >= 4 is 11.9 Å². The minimum Gasteiger partial charge on any atom is -0.461 e. The highest BCUT2D eigenvalue weighted by Crippen LogP contribution is 2.11. The Balaban J connectivity index is 3.90. The minimum atomic E-state index is -0.878. The summed E-state index contributed by atoms with van der Waals surface area (Å²) < 4.78 is 10.3. The Bertz CT molecular complexity index is 311. The number of carbonyl (C=O) groups is 2. The molecule has 0 aliphatic rings. The molecule has 0 aromatic heterocycles. The van der Waals surface area contributed by atoms with E-state index in [9.17, 15) is 9.59 Å². The van der Waals surface area contributed by atoms with Crippen molar-refractivity contribution in [3.8, 4) is 0 Å². The van der Waals surface area contributed by atoms with Crippen LogP contribution in [0.2, 0.25) is 0 Å². The van der Waals surface area contributed by atoms with Gasteiger partial charge in [0.1, 0.15) is 12.2 Å². The Labute approximate surface area is 115 Å². The fourth-order valence-corrected chi connectivity index (χ4v) is 1.20. The van der Waals surface area contributed by atoms with Gasteiger partial charge in [-0.25, -0.2) is 4.79 Å². The standard InChI is InChI=1S/C14H25NO4/c1-6-12(16)18-10-8-15-13(17)14(4,5)19-9-7-11(2)3/h6,11H,1,7-10H2,2-5H3,(H,15,17). The summed E-state index contributed by atoms with van der Waals surface area (Å²) in [6.07, 6.45) is 1.99. The maximum Gasteiger partial charge on any atom is 0.330 e. The molecule has 0 heterocycles. The smallest absolute Gasteiger partial charge is 0.330 e. The molecule has 0 aliphatic carbocycles.